The van der Waals surface area contributed by atoms with Gasteiger partial charge in [-0.15, -0.1) is 5.16 Å². The zero-order valence-corrected chi connectivity index (χ0v) is 15.4. The maximum atomic E-state index is 12.8. The van der Waals surface area contributed by atoms with Crippen LogP contribution in [0, 0.1) is 5.92 Å². The molecule has 1 unspecified atom stereocenters. The van der Waals surface area contributed by atoms with Crippen molar-refractivity contribution in [3.63, 3.8) is 0 Å². The van der Waals surface area contributed by atoms with Crippen molar-refractivity contribution in [3.05, 3.63) is 30.3 Å². The predicted molar refractivity (Wildman–Crippen MR) is 96.4 cm³/mol. The van der Waals surface area contributed by atoms with Crippen LogP contribution in [0.1, 0.15) is 39.5 Å². The van der Waals surface area contributed by atoms with E-state index in [0.29, 0.717) is 17.2 Å². The summed E-state index contributed by atoms with van der Waals surface area (Å²) < 4.78 is 24.8. The van der Waals surface area contributed by atoms with Crippen LogP contribution in [0.3, 0.4) is 0 Å². The molecule has 134 valence electrons. The first-order chi connectivity index (χ1) is 11.4. The molecule has 24 heavy (non-hydrogen) atoms. The Morgan fingerprint density at radius 3 is 2.71 bits per heavy atom. The molecule has 0 radical (unpaired) electrons. The average molecular weight is 353 g/mol. The summed E-state index contributed by atoms with van der Waals surface area (Å²) in [4.78, 5) is 2.73. The lowest BCUT2D eigenvalue weighted by molar-refractivity contribution is 0.198. The van der Waals surface area contributed by atoms with Crippen LogP contribution < -0.4 is 0 Å². The number of rotatable bonds is 7. The van der Waals surface area contributed by atoms with E-state index in [2.05, 4.69) is 10.1 Å². The number of oxime groups is 1. The standard InChI is InChI=1S/C18H28N2O3S/c1-18(2,24(22,23)17-9-4-3-5-10-17)11-7-13-20-12-6-8-16(15-20)14-19-21/h3-5,9-10,14,16,21H,6-8,11-13,15H2,1-2H3/b19-14+. The Balaban J connectivity index is 1.91. The van der Waals surface area contributed by atoms with Crippen LogP contribution in [0.4, 0.5) is 0 Å². The highest BCUT2D eigenvalue weighted by molar-refractivity contribution is 7.92. The molecule has 0 aliphatic carbocycles. The molecule has 1 aliphatic heterocycles. The van der Waals surface area contributed by atoms with Crippen LogP contribution in [0.15, 0.2) is 40.4 Å². The van der Waals surface area contributed by atoms with Gasteiger partial charge < -0.3 is 10.1 Å². The second-order valence-electron chi connectivity index (χ2n) is 7.15. The normalized spacial score (nSPS) is 20.5. The molecule has 2 rings (SSSR count). The number of benzene rings is 1. The fourth-order valence-electron chi connectivity index (χ4n) is 3.29. The first-order valence-corrected chi connectivity index (χ1v) is 10.0. The van der Waals surface area contributed by atoms with E-state index in [1.54, 1.807) is 30.5 Å². The SMILES string of the molecule is CC(C)(CCCN1CCCC(/C=N/O)C1)S(=O)(=O)c1ccccc1. The van der Waals surface area contributed by atoms with Gasteiger partial charge in [0.25, 0.3) is 0 Å². The minimum Gasteiger partial charge on any atom is -0.411 e. The minimum absolute atomic E-state index is 0.296. The van der Waals surface area contributed by atoms with E-state index in [1.165, 1.54) is 0 Å². The second-order valence-corrected chi connectivity index (χ2v) is 9.73. The minimum atomic E-state index is -3.33. The van der Waals surface area contributed by atoms with Crippen molar-refractivity contribution in [2.75, 3.05) is 19.6 Å². The first kappa shape index (κ1) is 18.9. The van der Waals surface area contributed by atoms with Gasteiger partial charge in [-0.2, -0.15) is 0 Å². The topological polar surface area (TPSA) is 70.0 Å². The molecular formula is C18H28N2O3S. The third-order valence-electron chi connectivity index (χ3n) is 4.85. The number of hydrogen-bond acceptors (Lipinski definition) is 5. The summed E-state index contributed by atoms with van der Waals surface area (Å²) in [6.45, 7) is 6.42. The van der Waals surface area contributed by atoms with Crippen molar-refractivity contribution in [2.24, 2.45) is 11.1 Å². The highest BCUT2D eigenvalue weighted by Gasteiger charge is 2.35. The van der Waals surface area contributed by atoms with Gasteiger partial charge in [-0.25, -0.2) is 8.42 Å². The third kappa shape index (κ3) is 4.57. The third-order valence-corrected chi connectivity index (χ3v) is 7.41. The van der Waals surface area contributed by atoms with Gasteiger partial charge in [0.1, 0.15) is 0 Å². The van der Waals surface area contributed by atoms with E-state index >= 15 is 0 Å². The molecule has 0 amide bonds. The van der Waals surface area contributed by atoms with E-state index in [0.717, 1.165) is 38.9 Å². The van der Waals surface area contributed by atoms with E-state index < -0.39 is 14.6 Å². The summed E-state index contributed by atoms with van der Waals surface area (Å²) in [5, 5.41) is 11.8. The van der Waals surface area contributed by atoms with Crippen molar-refractivity contribution in [1.29, 1.82) is 0 Å². The van der Waals surface area contributed by atoms with Gasteiger partial charge in [0.2, 0.25) is 0 Å². The van der Waals surface area contributed by atoms with Crippen molar-refractivity contribution >= 4 is 16.1 Å². The zero-order valence-electron chi connectivity index (χ0n) is 14.6. The number of piperidine rings is 1. The molecule has 0 aromatic heterocycles. The zero-order chi connectivity index (χ0) is 17.6. The van der Waals surface area contributed by atoms with Gasteiger partial charge in [-0.3, -0.25) is 0 Å². The molecule has 1 saturated heterocycles. The molecule has 1 atom stereocenters. The Morgan fingerprint density at radius 1 is 1.33 bits per heavy atom. The number of hydrogen-bond donors (Lipinski definition) is 1. The Bertz CT molecular complexity index is 641. The number of sulfone groups is 1. The molecule has 6 heteroatoms. The Labute approximate surface area is 145 Å². The fraction of sp³-hybridized carbons (Fsp3) is 0.611. The van der Waals surface area contributed by atoms with E-state index in [1.807, 2.05) is 19.9 Å². The quantitative estimate of drug-likeness (QED) is 0.465. The van der Waals surface area contributed by atoms with Crippen molar-refractivity contribution in [2.45, 2.75) is 49.2 Å². The maximum Gasteiger partial charge on any atom is 0.183 e. The van der Waals surface area contributed by atoms with Gasteiger partial charge in [0.05, 0.1) is 9.64 Å². The Morgan fingerprint density at radius 2 is 2.04 bits per heavy atom. The van der Waals surface area contributed by atoms with Gasteiger partial charge in [-0.1, -0.05) is 18.2 Å². The van der Waals surface area contributed by atoms with Crippen molar-refractivity contribution in [3.8, 4) is 0 Å². The van der Waals surface area contributed by atoms with Gasteiger partial charge in [0.15, 0.2) is 9.84 Å². The first-order valence-electron chi connectivity index (χ1n) is 8.56. The lowest BCUT2D eigenvalue weighted by Crippen LogP contribution is -2.38. The monoisotopic (exact) mass is 352 g/mol. The summed E-state index contributed by atoms with van der Waals surface area (Å²) in [5.41, 5.74) is 0. The van der Waals surface area contributed by atoms with E-state index in [9.17, 15) is 8.42 Å². The summed E-state index contributed by atoms with van der Waals surface area (Å²) in [7, 11) is -3.33. The smallest absolute Gasteiger partial charge is 0.183 e. The molecule has 1 N–H and O–H groups in total. The number of likely N-dealkylation sites (tertiary alicyclic amines) is 1. The van der Waals surface area contributed by atoms with Crippen molar-refractivity contribution < 1.29 is 13.6 Å². The Kier molecular flexibility index (Phi) is 6.40. The van der Waals surface area contributed by atoms with Gasteiger partial charge >= 0.3 is 0 Å². The average Bonchev–Trinajstić information content (AvgIpc) is 2.56. The second kappa shape index (κ2) is 8.12. The molecule has 0 spiro atoms. The molecule has 0 saturated carbocycles. The van der Waals surface area contributed by atoms with E-state index in [4.69, 9.17) is 5.21 Å². The molecular weight excluding hydrogens is 324 g/mol. The van der Waals surface area contributed by atoms with Gasteiger partial charge in [-0.05, 0) is 64.8 Å². The van der Waals surface area contributed by atoms with Crippen LogP contribution in [0.2, 0.25) is 0 Å². The molecule has 1 aromatic rings. The molecule has 1 fully saturated rings. The summed E-state index contributed by atoms with van der Waals surface area (Å²) >= 11 is 0. The van der Waals surface area contributed by atoms with Crippen LogP contribution in [-0.4, -0.2) is 49.1 Å². The molecule has 5 nitrogen and oxygen atoms in total. The van der Waals surface area contributed by atoms with Crippen LogP contribution in [0.5, 0.6) is 0 Å². The lowest BCUT2D eigenvalue weighted by atomic mass is 9.98. The predicted octanol–water partition coefficient (Wildman–Crippen LogP) is 3.19. The van der Waals surface area contributed by atoms with E-state index in [-0.39, 0.29) is 0 Å². The van der Waals surface area contributed by atoms with Crippen LogP contribution in [0.25, 0.3) is 0 Å². The fourth-order valence-corrected chi connectivity index (χ4v) is 4.86. The highest BCUT2D eigenvalue weighted by atomic mass is 32.2. The lowest BCUT2D eigenvalue weighted by Gasteiger charge is -2.32. The van der Waals surface area contributed by atoms with Crippen LogP contribution >= 0.6 is 0 Å². The molecule has 1 aromatic carbocycles. The van der Waals surface area contributed by atoms with Crippen LogP contribution in [-0.2, 0) is 9.84 Å². The molecule has 1 heterocycles. The molecule has 0 bridgehead atoms. The Hall–Kier alpha value is -1.40. The number of nitrogens with zero attached hydrogens (tertiary/aromatic N) is 2. The summed E-state index contributed by atoms with van der Waals surface area (Å²) in [6.07, 6.45) is 5.20. The largest absolute Gasteiger partial charge is 0.411 e. The summed E-state index contributed by atoms with van der Waals surface area (Å²) in [6, 6.07) is 8.69. The van der Waals surface area contributed by atoms with Gasteiger partial charge in [0, 0.05) is 18.7 Å². The highest BCUT2D eigenvalue weighted by Crippen LogP contribution is 2.29. The molecule has 1 aliphatic rings. The summed E-state index contributed by atoms with van der Waals surface area (Å²) in [5.74, 6) is 0.296. The van der Waals surface area contributed by atoms with Crippen molar-refractivity contribution in [1.82, 2.24) is 4.90 Å². The maximum absolute atomic E-state index is 12.8.